The van der Waals surface area contributed by atoms with Crippen LogP contribution in [0.5, 0.6) is 0 Å². The molecule has 3 heteroatoms. The topological polar surface area (TPSA) is 20.2 Å². The van der Waals surface area contributed by atoms with Crippen LogP contribution < -0.4 is 0 Å². The Morgan fingerprint density at radius 1 is 1.25 bits per heavy atom. The molecule has 1 N–H and O–H groups in total. The lowest BCUT2D eigenvalue weighted by Gasteiger charge is -2.17. The van der Waals surface area contributed by atoms with Crippen LogP contribution in [0.3, 0.4) is 0 Å². The van der Waals surface area contributed by atoms with Crippen LogP contribution in [-0.2, 0) is 0 Å². The quantitative estimate of drug-likeness (QED) is 0.812. The van der Waals surface area contributed by atoms with E-state index >= 15 is 0 Å². The van der Waals surface area contributed by atoms with Crippen molar-refractivity contribution in [1.29, 1.82) is 0 Å². The standard InChI is InChI=1S/C13H18F2O/c1-3-5-9(2)8-12(16)13-10(14)6-4-7-11(13)15/h4,6-7,9,12,16H,3,5,8H2,1-2H3. The highest BCUT2D eigenvalue weighted by Crippen LogP contribution is 2.27. The van der Waals surface area contributed by atoms with Crippen LogP contribution >= 0.6 is 0 Å². The Morgan fingerprint density at radius 2 is 1.81 bits per heavy atom. The first-order valence-corrected chi connectivity index (χ1v) is 5.68. The van der Waals surface area contributed by atoms with Crippen molar-refractivity contribution in [3.05, 3.63) is 35.4 Å². The van der Waals surface area contributed by atoms with E-state index in [1.54, 1.807) is 0 Å². The lowest BCUT2D eigenvalue weighted by molar-refractivity contribution is 0.136. The molecule has 16 heavy (non-hydrogen) atoms. The summed E-state index contributed by atoms with van der Waals surface area (Å²) in [5.74, 6) is -1.08. The molecule has 0 aliphatic heterocycles. The van der Waals surface area contributed by atoms with Crippen LogP contribution in [-0.4, -0.2) is 5.11 Å². The molecule has 1 aromatic rings. The Morgan fingerprint density at radius 3 is 2.31 bits per heavy atom. The lowest BCUT2D eigenvalue weighted by atomic mass is 9.94. The molecule has 0 saturated carbocycles. The van der Waals surface area contributed by atoms with E-state index in [0.717, 1.165) is 12.8 Å². The summed E-state index contributed by atoms with van der Waals surface area (Å²) in [5.41, 5.74) is -0.203. The molecule has 0 radical (unpaired) electrons. The van der Waals surface area contributed by atoms with Crippen molar-refractivity contribution in [2.24, 2.45) is 5.92 Å². The predicted molar refractivity (Wildman–Crippen MR) is 60.0 cm³/mol. The first kappa shape index (κ1) is 13.1. The highest BCUT2D eigenvalue weighted by atomic mass is 19.1. The van der Waals surface area contributed by atoms with E-state index in [-0.39, 0.29) is 11.5 Å². The van der Waals surface area contributed by atoms with Gasteiger partial charge >= 0.3 is 0 Å². The highest BCUT2D eigenvalue weighted by Gasteiger charge is 2.19. The number of benzene rings is 1. The zero-order valence-corrected chi connectivity index (χ0v) is 9.71. The Hall–Kier alpha value is -0.960. The second-order valence-electron chi connectivity index (χ2n) is 4.28. The Balaban J connectivity index is 2.76. The van der Waals surface area contributed by atoms with E-state index in [1.165, 1.54) is 18.2 Å². The third-order valence-electron chi connectivity index (χ3n) is 2.74. The molecule has 1 aromatic carbocycles. The molecule has 0 heterocycles. The van der Waals surface area contributed by atoms with Gasteiger partial charge in [0.25, 0.3) is 0 Å². The van der Waals surface area contributed by atoms with Gasteiger partial charge in [-0.05, 0) is 24.5 Å². The van der Waals surface area contributed by atoms with E-state index in [4.69, 9.17) is 0 Å². The molecule has 0 spiro atoms. The summed E-state index contributed by atoms with van der Waals surface area (Å²) in [6, 6.07) is 3.65. The average Bonchev–Trinajstić information content (AvgIpc) is 2.17. The third kappa shape index (κ3) is 3.27. The van der Waals surface area contributed by atoms with Crippen LogP contribution in [0.2, 0.25) is 0 Å². The number of hydrogen-bond donors (Lipinski definition) is 1. The molecule has 0 aliphatic carbocycles. The third-order valence-corrected chi connectivity index (χ3v) is 2.74. The largest absolute Gasteiger partial charge is 0.388 e. The molecule has 0 amide bonds. The number of aliphatic hydroxyl groups excluding tert-OH is 1. The fourth-order valence-electron chi connectivity index (χ4n) is 1.94. The molecule has 2 atom stereocenters. The SMILES string of the molecule is CCCC(C)CC(O)c1c(F)cccc1F. The van der Waals surface area contributed by atoms with Crippen LogP contribution in [0.15, 0.2) is 18.2 Å². The van der Waals surface area contributed by atoms with Gasteiger partial charge < -0.3 is 5.11 Å². The van der Waals surface area contributed by atoms with E-state index in [0.29, 0.717) is 6.42 Å². The van der Waals surface area contributed by atoms with Gasteiger partial charge in [-0.25, -0.2) is 8.78 Å². The van der Waals surface area contributed by atoms with E-state index < -0.39 is 17.7 Å². The van der Waals surface area contributed by atoms with Crippen molar-refractivity contribution in [2.75, 3.05) is 0 Å². The van der Waals surface area contributed by atoms with Crippen molar-refractivity contribution in [3.8, 4) is 0 Å². The summed E-state index contributed by atoms with van der Waals surface area (Å²) >= 11 is 0. The van der Waals surface area contributed by atoms with Crippen molar-refractivity contribution >= 4 is 0 Å². The molecule has 0 aromatic heterocycles. The maximum Gasteiger partial charge on any atom is 0.131 e. The molecule has 2 unspecified atom stereocenters. The number of hydrogen-bond acceptors (Lipinski definition) is 1. The summed E-state index contributed by atoms with van der Waals surface area (Å²) < 4.78 is 26.7. The van der Waals surface area contributed by atoms with Gasteiger partial charge in [-0.15, -0.1) is 0 Å². The average molecular weight is 228 g/mol. The van der Waals surface area contributed by atoms with Gasteiger partial charge in [-0.3, -0.25) is 0 Å². The summed E-state index contributed by atoms with van der Waals surface area (Å²) in [6.07, 6.45) is 1.30. The van der Waals surface area contributed by atoms with Crippen LogP contribution in [0.1, 0.15) is 44.8 Å². The maximum atomic E-state index is 13.3. The monoisotopic (exact) mass is 228 g/mol. The zero-order valence-electron chi connectivity index (χ0n) is 9.71. The van der Waals surface area contributed by atoms with Crippen LogP contribution in [0.4, 0.5) is 8.78 Å². The second-order valence-corrected chi connectivity index (χ2v) is 4.28. The minimum absolute atomic E-state index is 0.203. The summed E-state index contributed by atoms with van der Waals surface area (Å²) in [6.45, 7) is 4.03. The van der Waals surface area contributed by atoms with Gasteiger partial charge in [-0.2, -0.15) is 0 Å². The summed E-state index contributed by atoms with van der Waals surface area (Å²) in [7, 11) is 0. The summed E-state index contributed by atoms with van der Waals surface area (Å²) in [5, 5.41) is 9.80. The fraction of sp³-hybridized carbons (Fsp3) is 0.538. The minimum atomic E-state index is -1.05. The van der Waals surface area contributed by atoms with Crippen molar-refractivity contribution in [1.82, 2.24) is 0 Å². The van der Waals surface area contributed by atoms with E-state index in [1.807, 2.05) is 13.8 Å². The van der Waals surface area contributed by atoms with Gasteiger partial charge in [-0.1, -0.05) is 32.8 Å². The van der Waals surface area contributed by atoms with Crippen molar-refractivity contribution in [3.63, 3.8) is 0 Å². The zero-order chi connectivity index (χ0) is 12.1. The molecule has 90 valence electrons. The summed E-state index contributed by atoms with van der Waals surface area (Å²) in [4.78, 5) is 0. The van der Waals surface area contributed by atoms with E-state index in [2.05, 4.69) is 0 Å². The molecule has 0 aliphatic rings. The van der Waals surface area contributed by atoms with Gasteiger partial charge in [0.2, 0.25) is 0 Å². The van der Waals surface area contributed by atoms with Crippen LogP contribution in [0.25, 0.3) is 0 Å². The first-order chi connectivity index (χ1) is 7.56. The van der Waals surface area contributed by atoms with E-state index in [9.17, 15) is 13.9 Å². The number of halogens is 2. The highest BCUT2D eigenvalue weighted by molar-refractivity contribution is 5.21. The Kier molecular flexibility index (Phi) is 4.87. The molecular formula is C13H18F2O. The minimum Gasteiger partial charge on any atom is -0.388 e. The second kappa shape index (κ2) is 5.94. The molecule has 1 nitrogen and oxygen atoms in total. The fourth-order valence-corrected chi connectivity index (χ4v) is 1.94. The predicted octanol–water partition coefficient (Wildman–Crippen LogP) is 3.82. The number of aliphatic hydroxyl groups is 1. The first-order valence-electron chi connectivity index (χ1n) is 5.68. The maximum absolute atomic E-state index is 13.3. The van der Waals surface area contributed by atoms with Gasteiger partial charge in [0.05, 0.1) is 11.7 Å². The lowest BCUT2D eigenvalue weighted by Crippen LogP contribution is -2.08. The van der Waals surface area contributed by atoms with Gasteiger partial charge in [0.1, 0.15) is 11.6 Å². The normalized spacial score (nSPS) is 14.8. The van der Waals surface area contributed by atoms with Crippen LogP contribution in [0, 0.1) is 17.6 Å². The smallest absolute Gasteiger partial charge is 0.131 e. The molecular weight excluding hydrogens is 210 g/mol. The van der Waals surface area contributed by atoms with Gasteiger partial charge in [0, 0.05) is 0 Å². The molecule has 0 fully saturated rings. The molecule has 1 rings (SSSR count). The Labute approximate surface area is 95.1 Å². The molecule has 0 saturated heterocycles. The van der Waals surface area contributed by atoms with Crippen molar-refractivity contribution in [2.45, 2.75) is 39.2 Å². The molecule has 0 bridgehead atoms. The van der Waals surface area contributed by atoms with Crippen molar-refractivity contribution < 1.29 is 13.9 Å². The number of rotatable bonds is 5. The Bertz CT molecular complexity index is 318. The van der Waals surface area contributed by atoms with Gasteiger partial charge in [0.15, 0.2) is 0 Å².